The molecule has 0 spiro atoms. The summed E-state index contributed by atoms with van der Waals surface area (Å²) in [6.45, 7) is 5.17. The first kappa shape index (κ1) is 20.9. The summed E-state index contributed by atoms with van der Waals surface area (Å²) in [6.07, 6.45) is 0.676. The van der Waals surface area contributed by atoms with E-state index in [-0.39, 0.29) is 17.3 Å². The second kappa shape index (κ2) is 10.1. The van der Waals surface area contributed by atoms with Crippen LogP contribution in [0, 0.1) is 6.92 Å². The van der Waals surface area contributed by atoms with E-state index >= 15 is 0 Å². The number of nitrogens with zero attached hydrogens (tertiary/aromatic N) is 1. The summed E-state index contributed by atoms with van der Waals surface area (Å²) >= 11 is 0. The zero-order chi connectivity index (χ0) is 19.7. The average molecular weight is 391 g/mol. The van der Waals surface area contributed by atoms with E-state index in [1.165, 1.54) is 12.1 Å². The van der Waals surface area contributed by atoms with Crippen molar-refractivity contribution in [1.82, 2.24) is 5.32 Å². The number of nitrogens with one attached hydrogen (secondary N) is 1. The highest BCUT2D eigenvalue weighted by Crippen LogP contribution is 2.23. The molecule has 27 heavy (non-hydrogen) atoms. The molecule has 6 nitrogen and oxygen atoms in total. The van der Waals surface area contributed by atoms with Crippen molar-refractivity contribution in [2.24, 2.45) is 0 Å². The molecule has 2 aromatic carbocycles. The lowest BCUT2D eigenvalue weighted by molar-refractivity contribution is -0.119. The summed E-state index contributed by atoms with van der Waals surface area (Å²) in [5.74, 6) is -0.355. The fourth-order valence-electron chi connectivity index (χ4n) is 2.48. The molecule has 0 radical (unpaired) electrons. The minimum atomic E-state index is -3.85. The Labute approximate surface area is 161 Å². The van der Waals surface area contributed by atoms with Gasteiger partial charge in [0.2, 0.25) is 5.91 Å². The number of carbonyl (C=O) groups excluding carboxylic acids is 1. The standard InChI is InChI=1S/C20H26N2O4S/c1-3-26-15-7-14-21-20(23)16-22(18-12-10-17(2)11-13-18)27(24,25)19-8-5-4-6-9-19/h4-6,8-13H,3,7,14-16H2,1-2H3,(H,21,23). The third-order valence-electron chi connectivity index (χ3n) is 3.93. The zero-order valence-electron chi connectivity index (χ0n) is 15.7. The molecule has 0 atom stereocenters. The van der Waals surface area contributed by atoms with Gasteiger partial charge in [-0.2, -0.15) is 0 Å². The molecular formula is C20H26N2O4S. The van der Waals surface area contributed by atoms with Crippen LogP contribution in [-0.4, -0.2) is 40.6 Å². The van der Waals surface area contributed by atoms with Gasteiger partial charge in [-0.15, -0.1) is 0 Å². The summed E-state index contributed by atoms with van der Waals surface area (Å²) in [5, 5.41) is 2.75. The van der Waals surface area contributed by atoms with Crippen molar-refractivity contribution in [2.45, 2.75) is 25.2 Å². The first-order chi connectivity index (χ1) is 12.9. The SMILES string of the molecule is CCOCCCNC(=O)CN(c1ccc(C)cc1)S(=O)(=O)c1ccccc1. The maximum Gasteiger partial charge on any atom is 0.264 e. The van der Waals surface area contributed by atoms with Gasteiger partial charge in [0.1, 0.15) is 6.54 Å². The van der Waals surface area contributed by atoms with Crippen molar-refractivity contribution in [3.8, 4) is 0 Å². The number of benzene rings is 2. The lowest BCUT2D eigenvalue weighted by Crippen LogP contribution is -2.41. The number of anilines is 1. The summed E-state index contributed by atoms with van der Waals surface area (Å²) in [7, 11) is -3.85. The van der Waals surface area contributed by atoms with E-state index in [1.807, 2.05) is 26.0 Å². The average Bonchev–Trinajstić information content (AvgIpc) is 2.67. The van der Waals surface area contributed by atoms with Crippen LogP contribution < -0.4 is 9.62 Å². The molecule has 0 heterocycles. The Bertz CT molecular complexity index is 821. The molecule has 0 bridgehead atoms. The van der Waals surface area contributed by atoms with Crippen molar-refractivity contribution in [3.63, 3.8) is 0 Å². The number of sulfonamides is 1. The van der Waals surface area contributed by atoms with Crippen LogP contribution in [0.2, 0.25) is 0 Å². The number of carbonyl (C=O) groups is 1. The minimum Gasteiger partial charge on any atom is -0.382 e. The Hall–Kier alpha value is -2.38. The number of hydrogen-bond acceptors (Lipinski definition) is 4. The van der Waals surface area contributed by atoms with Gasteiger partial charge in [-0.1, -0.05) is 35.9 Å². The van der Waals surface area contributed by atoms with Crippen molar-refractivity contribution in [3.05, 3.63) is 60.2 Å². The number of rotatable bonds is 10. The minimum absolute atomic E-state index is 0.148. The maximum absolute atomic E-state index is 13.1. The number of aryl methyl sites for hydroxylation is 1. The van der Waals surface area contributed by atoms with Gasteiger partial charge in [0, 0.05) is 19.8 Å². The van der Waals surface area contributed by atoms with Gasteiger partial charge in [-0.3, -0.25) is 9.10 Å². The van der Waals surface area contributed by atoms with Gasteiger partial charge in [0.25, 0.3) is 10.0 Å². The Morgan fingerprint density at radius 3 is 2.37 bits per heavy atom. The van der Waals surface area contributed by atoms with Gasteiger partial charge < -0.3 is 10.1 Å². The van der Waals surface area contributed by atoms with Crippen LogP contribution in [0.1, 0.15) is 18.9 Å². The predicted molar refractivity (Wildman–Crippen MR) is 106 cm³/mol. The third kappa shape index (κ3) is 6.08. The van der Waals surface area contributed by atoms with E-state index in [2.05, 4.69) is 5.32 Å². The van der Waals surface area contributed by atoms with Gasteiger partial charge in [0.05, 0.1) is 10.6 Å². The lowest BCUT2D eigenvalue weighted by atomic mass is 10.2. The van der Waals surface area contributed by atoms with Crippen LogP contribution in [0.25, 0.3) is 0 Å². The molecular weight excluding hydrogens is 364 g/mol. The molecule has 0 unspecified atom stereocenters. The van der Waals surface area contributed by atoms with Crippen molar-refractivity contribution in [1.29, 1.82) is 0 Å². The molecule has 1 N–H and O–H groups in total. The molecule has 0 saturated carbocycles. The van der Waals surface area contributed by atoms with E-state index in [0.29, 0.717) is 31.9 Å². The largest absolute Gasteiger partial charge is 0.382 e. The van der Waals surface area contributed by atoms with Gasteiger partial charge in [0.15, 0.2) is 0 Å². The van der Waals surface area contributed by atoms with Gasteiger partial charge in [-0.05, 0) is 44.5 Å². The van der Waals surface area contributed by atoms with Crippen LogP contribution in [0.3, 0.4) is 0 Å². The molecule has 7 heteroatoms. The number of ether oxygens (including phenoxy) is 1. The Balaban J connectivity index is 2.18. The summed E-state index contributed by atoms with van der Waals surface area (Å²) in [5.41, 5.74) is 1.46. The molecule has 146 valence electrons. The predicted octanol–water partition coefficient (Wildman–Crippen LogP) is 2.73. The fourth-order valence-corrected chi connectivity index (χ4v) is 3.92. The van der Waals surface area contributed by atoms with E-state index in [0.717, 1.165) is 9.87 Å². The van der Waals surface area contributed by atoms with Gasteiger partial charge in [-0.25, -0.2) is 8.42 Å². The quantitative estimate of drug-likeness (QED) is 0.633. The van der Waals surface area contributed by atoms with Crippen LogP contribution in [-0.2, 0) is 19.6 Å². The molecule has 0 aliphatic heterocycles. The highest BCUT2D eigenvalue weighted by molar-refractivity contribution is 7.92. The van der Waals surface area contributed by atoms with E-state index in [9.17, 15) is 13.2 Å². The zero-order valence-corrected chi connectivity index (χ0v) is 16.5. The van der Waals surface area contributed by atoms with Crippen LogP contribution >= 0.6 is 0 Å². The molecule has 2 aromatic rings. The number of hydrogen-bond donors (Lipinski definition) is 1. The van der Waals surface area contributed by atoms with Crippen molar-refractivity contribution < 1.29 is 17.9 Å². The topological polar surface area (TPSA) is 75.7 Å². The summed E-state index contributed by atoms with van der Waals surface area (Å²) in [6, 6.07) is 15.2. The van der Waals surface area contributed by atoms with E-state index < -0.39 is 10.0 Å². The highest BCUT2D eigenvalue weighted by Gasteiger charge is 2.26. The highest BCUT2D eigenvalue weighted by atomic mass is 32.2. The molecule has 2 rings (SSSR count). The van der Waals surface area contributed by atoms with E-state index in [4.69, 9.17) is 4.74 Å². The van der Waals surface area contributed by atoms with E-state index in [1.54, 1.807) is 30.3 Å². The third-order valence-corrected chi connectivity index (χ3v) is 5.72. The van der Waals surface area contributed by atoms with Crippen LogP contribution in [0.5, 0.6) is 0 Å². The second-order valence-electron chi connectivity index (χ2n) is 6.06. The molecule has 0 aliphatic rings. The molecule has 0 aliphatic carbocycles. The normalized spacial score (nSPS) is 11.2. The monoisotopic (exact) mass is 390 g/mol. The van der Waals surface area contributed by atoms with Crippen molar-refractivity contribution >= 4 is 21.6 Å². The first-order valence-electron chi connectivity index (χ1n) is 8.94. The summed E-state index contributed by atoms with van der Waals surface area (Å²) in [4.78, 5) is 12.5. The molecule has 0 aromatic heterocycles. The fraction of sp³-hybridized carbons (Fsp3) is 0.350. The van der Waals surface area contributed by atoms with Crippen LogP contribution in [0.4, 0.5) is 5.69 Å². The van der Waals surface area contributed by atoms with Gasteiger partial charge >= 0.3 is 0 Å². The number of amides is 1. The Morgan fingerprint density at radius 2 is 1.74 bits per heavy atom. The lowest BCUT2D eigenvalue weighted by Gasteiger charge is -2.24. The Morgan fingerprint density at radius 1 is 1.07 bits per heavy atom. The maximum atomic E-state index is 13.1. The Kier molecular flexibility index (Phi) is 7.82. The second-order valence-corrected chi connectivity index (χ2v) is 7.92. The smallest absolute Gasteiger partial charge is 0.264 e. The first-order valence-corrected chi connectivity index (χ1v) is 10.4. The summed E-state index contributed by atoms with van der Waals surface area (Å²) < 4.78 is 32.6. The molecule has 1 amide bonds. The van der Waals surface area contributed by atoms with Crippen molar-refractivity contribution in [2.75, 3.05) is 30.6 Å². The van der Waals surface area contributed by atoms with Crippen LogP contribution in [0.15, 0.2) is 59.5 Å². The molecule has 0 fully saturated rings. The molecule has 0 saturated heterocycles.